The first-order chi connectivity index (χ1) is 12.5. The Kier molecular flexibility index (Phi) is 4.54. The molecule has 1 aromatic carbocycles. The number of carbonyl (C=O) groups is 2. The zero-order valence-electron chi connectivity index (χ0n) is 14.1. The van der Waals surface area contributed by atoms with E-state index in [1.165, 1.54) is 23.2 Å². The van der Waals surface area contributed by atoms with E-state index >= 15 is 0 Å². The maximum absolute atomic E-state index is 12.6. The third-order valence-corrected chi connectivity index (χ3v) is 4.54. The topological polar surface area (TPSA) is 119 Å². The van der Waals surface area contributed by atoms with E-state index in [1.54, 1.807) is 18.2 Å². The van der Waals surface area contributed by atoms with Gasteiger partial charge >= 0.3 is 5.97 Å². The summed E-state index contributed by atoms with van der Waals surface area (Å²) in [6.45, 7) is 2.27. The summed E-state index contributed by atoms with van der Waals surface area (Å²) < 4.78 is 0. The number of rotatable bonds is 5. The molecule has 0 radical (unpaired) electrons. The van der Waals surface area contributed by atoms with Crippen LogP contribution in [0.3, 0.4) is 0 Å². The van der Waals surface area contributed by atoms with Crippen LogP contribution >= 0.6 is 0 Å². The average Bonchev–Trinajstić information content (AvgIpc) is 2.99. The van der Waals surface area contributed by atoms with E-state index in [2.05, 4.69) is 21.4 Å². The Balaban J connectivity index is 1.80. The Morgan fingerprint density at radius 2 is 2.12 bits per heavy atom. The molecule has 26 heavy (non-hydrogen) atoms. The minimum Gasteiger partial charge on any atom is -0.478 e. The highest BCUT2D eigenvalue weighted by atomic mass is 16.4. The Morgan fingerprint density at radius 3 is 2.69 bits per heavy atom. The van der Waals surface area contributed by atoms with Gasteiger partial charge in [-0.1, -0.05) is 6.92 Å². The van der Waals surface area contributed by atoms with Crippen molar-refractivity contribution < 1.29 is 14.7 Å². The summed E-state index contributed by atoms with van der Waals surface area (Å²) in [5.74, 6) is -0.526. The standard InChI is InChI=1S/C18H17N5O3/c1-2-18(11-19)8-10-23(16(18)26)14-7-9-20-17(22-14)21-13-5-3-12(4-6-13)15(24)25/h3-7,9H,2,8,10H2,1H3,(H,24,25)(H,20,21,22). The number of hydrogen-bond donors (Lipinski definition) is 2. The molecule has 1 aliphatic heterocycles. The van der Waals surface area contributed by atoms with Crippen LogP contribution in [-0.4, -0.2) is 33.5 Å². The number of carboxylic acids is 1. The molecule has 2 aromatic rings. The van der Waals surface area contributed by atoms with Gasteiger partial charge < -0.3 is 10.4 Å². The summed E-state index contributed by atoms with van der Waals surface area (Å²) in [5, 5.41) is 21.3. The SMILES string of the molecule is CCC1(C#N)CCN(c2ccnc(Nc3ccc(C(=O)O)cc3)n2)C1=O. The molecule has 8 nitrogen and oxygen atoms in total. The van der Waals surface area contributed by atoms with Gasteiger partial charge in [-0.3, -0.25) is 9.69 Å². The Morgan fingerprint density at radius 1 is 1.38 bits per heavy atom. The van der Waals surface area contributed by atoms with Gasteiger partial charge in [-0.05, 0) is 43.2 Å². The van der Waals surface area contributed by atoms with Crippen molar-refractivity contribution in [1.82, 2.24) is 9.97 Å². The highest BCUT2D eigenvalue weighted by Gasteiger charge is 2.46. The van der Waals surface area contributed by atoms with Gasteiger partial charge in [0.05, 0.1) is 11.6 Å². The van der Waals surface area contributed by atoms with E-state index < -0.39 is 11.4 Å². The summed E-state index contributed by atoms with van der Waals surface area (Å²) in [5.41, 5.74) is -0.175. The number of anilines is 3. The van der Waals surface area contributed by atoms with Crippen molar-refractivity contribution in [3.63, 3.8) is 0 Å². The quantitative estimate of drug-likeness (QED) is 0.849. The van der Waals surface area contributed by atoms with Crippen LogP contribution < -0.4 is 10.2 Å². The number of aromatic carboxylic acids is 1. The molecule has 1 saturated heterocycles. The van der Waals surface area contributed by atoms with Crippen molar-refractivity contribution in [2.24, 2.45) is 5.41 Å². The normalized spacial score (nSPS) is 19.2. The van der Waals surface area contributed by atoms with Crippen LogP contribution in [0, 0.1) is 16.7 Å². The third kappa shape index (κ3) is 3.07. The predicted octanol–water partition coefficient (Wildman–Crippen LogP) is 2.58. The van der Waals surface area contributed by atoms with E-state index in [1.807, 2.05) is 6.92 Å². The Bertz CT molecular complexity index is 890. The van der Waals surface area contributed by atoms with E-state index in [9.17, 15) is 14.9 Å². The predicted molar refractivity (Wildman–Crippen MR) is 94.0 cm³/mol. The molecule has 0 bridgehead atoms. The first-order valence-electron chi connectivity index (χ1n) is 8.16. The van der Waals surface area contributed by atoms with Gasteiger partial charge in [0.1, 0.15) is 11.2 Å². The molecule has 1 fully saturated rings. The van der Waals surface area contributed by atoms with Crippen LogP contribution in [0.2, 0.25) is 0 Å². The summed E-state index contributed by atoms with van der Waals surface area (Å²) >= 11 is 0. The van der Waals surface area contributed by atoms with Crippen LogP contribution in [0.15, 0.2) is 36.5 Å². The van der Waals surface area contributed by atoms with E-state index in [0.29, 0.717) is 30.9 Å². The number of aromatic nitrogens is 2. The van der Waals surface area contributed by atoms with Crippen LogP contribution in [0.1, 0.15) is 30.1 Å². The summed E-state index contributed by atoms with van der Waals surface area (Å²) in [6.07, 6.45) is 2.47. The Hall–Kier alpha value is -3.47. The minimum atomic E-state index is -1.00. The molecule has 132 valence electrons. The number of carbonyl (C=O) groups excluding carboxylic acids is 1. The lowest BCUT2D eigenvalue weighted by Gasteiger charge is -2.19. The molecule has 2 N–H and O–H groups in total. The number of nitriles is 1. The molecule has 0 aliphatic carbocycles. The van der Waals surface area contributed by atoms with Gasteiger partial charge in [0.25, 0.3) is 0 Å². The molecule has 1 unspecified atom stereocenters. The van der Waals surface area contributed by atoms with E-state index in [0.717, 1.165) is 0 Å². The maximum atomic E-state index is 12.6. The van der Waals surface area contributed by atoms with Gasteiger partial charge in [-0.2, -0.15) is 10.2 Å². The second kappa shape index (κ2) is 6.80. The molecular weight excluding hydrogens is 334 g/mol. The molecule has 1 amide bonds. The van der Waals surface area contributed by atoms with Crippen molar-refractivity contribution in [2.75, 3.05) is 16.8 Å². The van der Waals surface area contributed by atoms with Crippen molar-refractivity contribution in [3.05, 3.63) is 42.1 Å². The molecule has 3 rings (SSSR count). The largest absolute Gasteiger partial charge is 0.478 e. The lowest BCUT2D eigenvalue weighted by molar-refractivity contribution is -0.123. The van der Waals surface area contributed by atoms with Crippen LogP contribution in [0.4, 0.5) is 17.5 Å². The highest BCUT2D eigenvalue weighted by molar-refractivity contribution is 6.01. The van der Waals surface area contributed by atoms with E-state index in [-0.39, 0.29) is 17.4 Å². The van der Waals surface area contributed by atoms with Crippen molar-refractivity contribution >= 4 is 29.3 Å². The second-order valence-corrected chi connectivity index (χ2v) is 6.00. The fourth-order valence-corrected chi connectivity index (χ4v) is 2.88. The second-order valence-electron chi connectivity index (χ2n) is 6.00. The summed E-state index contributed by atoms with van der Waals surface area (Å²) in [6, 6.07) is 9.94. The monoisotopic (exact) mass is 351 g/mol. The first-order valence-corrected chi connectivity index (χ1v) is 8.16. The zero-order valence-corrected chi connectivity index (χ0v) is 14.1. The zero-order chi connectivity index (χ0) is 18.7. The molecular formula is C18H17N5O3. The smallest absolute Gasteiger partial charge is 0.335 e. The molecule has 0 spiro atoms. The van der Waals surface area contributed by atoms with Crippen molar-refractivity contribution in [1.29, 1.82) is 5.26 Å². The van der Waals surface area contributed by atoms with Crippen molar-refractivity contribution in [2.45, 2.75) is 19.8 Å². The molecule has 2 heterocycles. The fourth-order valence-electron chi connectivity index (χ4n) is 2.88. The lowest BCUT2D eigenvalue weighted by atomic mass is 9.85. The van der Waals surface area contributed by atoms with Gasteiger partial charge in [0.15, 0.2) is 0 Å². The fraction of sp³-hybridized carbons (Fsp3) is 0.278. The van der Waals surface area contributed by atoms with Crippen LogP contribution in [-0.2, 0) is 4.79 Å². The lowest BCUT2D eigenvalue weighted by Crippen LogP contribution is -2.33. The van der Waals surface area contributed by atoms with Crippen LogP contribution in [0.25, 0.3) is 0 Å². The number of amides is 1. The summed E-state index contributed by atoms with van der Waals surface area (Å²) in [4.78, 5) is 33.5. The molecule has 0 saturated carbocycles. The summed E-state index contributed by atoms with van der Waals surface area (Å²) in [7, 11) is 0. The number of nitrogens with one attached hydrogen (secondary N) is 1. The minimum absolute atomic E-state index is 0.181. The molecule has 8 heteroatoms. The third-order valence-electron chi connectivity index (χ3n) is 4.54. The molecule has 1 aliphatic rings. The maximum Gasteiger partial charge on any atom is 0.335 e. The van der Waals surface area contributed by atoms with E-state index in [4.69, 9.17) is 5.11 Å². The number of nitrogens with zero attached hydrogens (tertiary/aromatic N) is 4. The van der Waals surface area contributed by atoms with Gasteiger partial charge in [-0.25, -0.2) is 9.78 Å². The molecule has 1 aromatic heterocycles. The molecule has 1 atom stereocenters. The average molecular weight is 351 g/mol. The van der Waals surface area contributed by atoms with Crippen molar-refractivity contribution in [3.8, 4) is 6.07 Å². The van der Waals surface area contributed by atoms with Crippen LogP contribution in [0.5, 0.6) is 0 Å². The van der Waals surface area contributed by atoms with Gasteiger partial charge in [-0.15, -0.1) is 0 Å². The van der Waals surface area contributed by atoms with Gasteiger partial charge in [0, 0.05) is 18.4 Å². The number of hydrogen-bond acceptors (Lipinski definition) is 6. The number of carboxylic acid groups (broad SMARTS) is 1. The highest BCUT2D eigenvalue weighted by Crippen LogP contribution is 2.36. The Labute approximate surface area is 150 Å². The number of benzene rings is 1. The first kappa shape index (κ1) is 17.4. The van der Waals surface area contributed by atoms with Gasteiger partial charge in [0.2, 0.25) is 11.9 Å².